The minimum atomic E-state index is 0.216. The van der Waals surface area contributed by atoms with Gasteiger partial charge in [-0.25, -0.2) is 0 Å². The Kier molecular flexibility index (Phi) is 4.68. The molecule has 0 aliphatic heterocycles. The molecular formula is C18H24BrNO. The van der Waals surface area contributed by atoms with E-state index in [1.807, 2.05) is 25.1 Å². The van der Waals surface area contributed by atoms with Crippen molar-refractivity contribution in [2.45, 2.75) is 51.9 Å². The summed E-state index contributed by atoms with van der Waals surface area (Å²) in [7, 11) is 0. The summed E-state index contributed by atoms with van der Waals surface area (Å²) < 4.78 is 1.09. The number of aryl methyl sites for hydroxylation is 1. The van der Waals surface area contributed by atoms with Gasteiger partial charge in [0.15, 0.2) is 0 Å². The van der Waals surface area contributed by atoms with Crippen molar-refractivity contribution in [3.8, 4) is 0 Å². The summed E-state index contributed by atoms with van der Waals surface area (Å²) in [6.07, 6.45) is 8.92. The highest BCUT2D eigenvalue weighted by Crippen LogP contribution is 2.42. The van der Waals surface area contributed by atoms with Gasteiger partial charge < -0.3 is 5.32 Å². The third-order valence-electron chi connectivity index (χ3n) is 5.34. The first-order valence-electron chi connectivity index (χ1n) is 8.20. The van der Waals surface area contributed by atoms with Crippen molar-refractivity contribution in [2.24, 2.45) is 17.8 Å². The maximum Gasteiger partial charge on any atom is 0.227 e. The lowest BCUT2D eigenvalue weighted by molar-refractivity contribution is -0.122. The lowest BCUT2D eigenvalue weighted by atomic mass is 9.67. The predicted molar refractivity (Wildman–Crippen MR) is 90.3 cm³/mol. The summed E-state index contributed by atoms with van der Waals surface area (Å²) in [5.74, 6) is 2.14. The van der Waals surface area contributed by atoms with Crippen molar-refractivity contribution in [3.63, 3.8) is 0 Å². The number of nitrogens with one attached hydrogen (secondary N) is 1. The highest BCUT2D eigenvalue weighted by molar-refractivity contribution is 9.10. The van der Waals surface area contributed by atoms with Gasteiger partial charge in [-0.1, -0.05) is 41.6 Å². The normalized spacial score (nSPS) is 28.8. The van der Waals surface area contributed by atoms with Gasteiger partial charge in [0, 0.05) is 16.1 Å². The Balaban J connectivity index is 1.61. The van der Waals surface area contributed by atoms with E-state index in [-0.39, 0.29) is 11.8 Å². The first kappa shape index (κ1) is 15.1. The van der Waals surface area contributed by atoms with E-state index in [0.717, 1.165) is 40.4 Å². The molecule has 1 N–H and O–H groups in total. The van der Waals surface area contributed by atoms with E-state index in [1.54, 1.807) is 0 Å². The molecule has 3 rings (SSSR count). The van der Waals surface area contributed by atoms with Gasteiger partial charge >= 0.3 is 0 Å². The van der Waals surface area contributed by atoms with Crippen LogP contribution in [0, 0.1) is 24.7 Å². The Morgan fingerprint density at radius 2 is 1.90 bits per heavy atom. The third-order valence-corrected chi connectivity index (χ3v) is 6.23. The molecule has 0 saturated heterocycles. The summed E-state index contributed by atoms with van der Waals surface area (Å²) in [6, 6.07) is 6.01. The number of carbonyl (C=O) groups is 1. The fraction of sp³-hybridized carbons (Fsp3) is 0.611. The number of carbonyl (C=O) groups excluding carboxylic acids is 1. The maximum atomic E-state index is 12.5. The standard InChI is InChI=1S/C18H24BrNO/c1-12-10-16(8-9-17(12)19)20-18(21)15-7-6-13-4-2-3-5-14(13)11-15/h8-10,13-15H,2-7,11H2,1H3,(H,20,21). The van der Waals surface area contributed by atoms with Gasteiger partial charge in [-0.05, 0) is 61.8 Å². The van der Waals surface area contributed by atoms with E-state index in [9.17, 15) is 4.79 Å². The second kappa shape index (κ2) is 6.51. The number of hydrogen-bond acceptors (Lipinski definition) is 1. The van der Waals surface area contributed by atoms with Crippen LogP contribution in [0.2, 0.25) is 0 Å². The zero-order valence-electron chi connectivity index (χ0n) is 12.7. The Morgan fingerprint density at radius 3 is 2.67 bits per heavy atom. The number of rotatable bonds is 2. The number of amides is 1. The molecule has 0 spiro atoms. The molecule has 3 unspecified atom stereocenters. The molecule has 0 aromatic heterocycles. The molecule has 114 valence electrons. The van der Waals surface area contributed by atoms with Gasteiger partial charge in [-0.3, -0.25) is 4.79 Å². The van der Waals surface area contributed by atoms with Crippen LogP contribution in [0.25, 0.3) is 0 Å². The van der Waals surface area contributed by atoms with Crippen molar-refractivity contribution in [2.75, 3.05) is 5.32 Å². The average molecular weight is 350 g/mol. The van der Waals surface area contributed by atoms with E-state index in [0.29, 0.717) is 0 Å². The third kappa shape index (κ3) is 3.50. The maximum absolute atomic E-state index is 12.5. The Hall–Kier alpha value is -0.830. The fourth-order valence-electron chi connectivity index (χ4n) is 4.08. The van der Waals surface area contributed by atoms with E-state index in [4.69, 9.17) is 0 Å². The second-order valence-corrected chi connectivity index (χ2v) is 7.62. The summed E-state index contributed by atoms with van der Waals surface area (Å²) in [5.41, 5.74) is 2.08. The first-order valence-corrected chi connectivity index (χ1v) is 9.00. The predicted octanol–water partition coefficient (Wildman–Crippen LogP) is 5.30. The molecule has 2 saturated carbocycles. The zero-order chi connectivity index (χ0) is 14.8. The van der Waals surface area contributed by atoms with Gasteiger partial charge in [0.05, 0.1) is 0 Å². The quantitative estimate of drug-likeness (QED) is 0.770. The molecule has 21 heavy (non-hydrogen) atoms. The number of anilines is 1. The van der Waals surface area contributed by atoms with E-state index < -0.39 is 0 Å². The first-order chi connectivity index (χ1) is 10.1. The van der Waals surface area contributed by atoms with E-state index in [1.165, 1.54) is 32.1 Å². The highest BCUT2D eigenvalue weighted by atomic mass is 79.9. The molecule has 2 nitrogen and oxygen atoms in total. The van der Waals surface area contributed by atoms with Crippen LogP contribution in [-0.2, 0) is 4.79 Å². The number of benzene rings is 1. The highest BCUT2D eigenvalue weighted by Gasteiger charge is 2.34. The topological polar surface area (TPSA) is 29.1 Å². The van der Waals surface area contributed by atoms with Crippen LogP contribution in [0.3, 0.4) is 0 Å². The number of fused-ring (bicyclic) bond motifs is 1. The molecule has 3 atom stereocenters. The largest absolute Gasteiger partial charge is 0.326 e. The SMILES string of the molecule is Cc1cc(NC(=O)C2CCC3CCCCC3C2)ccc1Br. The molecule has 1 aromatic carbocycles. The molecule has 1 amide bonds. The molecule has 2 fully saturated rings. The van der Waals surface area contributed by atoms with Crippen LogP contribution in [-0.4, -0.2) is 5.91 Å². The summed E-state index contributed by atoms with van der Waals surface area (Å²) in [5, 5.41) is 3.12. The van der Waals surface area contributed by atoms with Gasteiger partial charge in [0.25, 0.3) is 0 Å². The smallest absolute Gasteiger partial charge is 0.227 e. The Bertz CT molecular complexity index is 528. The van der Waals surface area contributed by atoms with Crippen molar-refractivity contribution in [1.29, 1.82) is 0 Å². The minimum Gasteiger partial charge on any atom is -0.326 e. The summed E-state index contributed by atoms with van der Waals surface area (Å²) in [4.78, 5) is 12.5. The Labute approximate surface area is 135 Å². The van der Waals surface area contributed by atoms with E-state index in [2.05, 4.69) is 21.2 Å². The van der Waals surface area contributed by atoms with Gasteiger partial charge in [0.2, 0.25) is 5.91 Å². The van der Waals surface area contributed by atoms with Crippen LogP contribution in [0.1, 0.15) is 50.5 Å². The van der Waals surface area contributed by atoms with Crippen LogP contribution in [0.4, 0.5) is 5.69 Å². The zero-order valence-corrected chi connectivity index (χ0v) is 14.3. The van der Waals surface area contributed by atoms with Crippen LogP contribution < -0.4 is 5.32 Å². The summed E-state index contributed by atoms with van der Waals surface area (Å²) in [6.45, 7) is 2.05. The van der Waals surface area contributed by atoms with Crippen LogP contribution >= 0.6 is 15.9 Å². The molecule has 0 radical (unpaired) electrons. The molecule has 3 heteroatoms. The fourth-order valence-corrected chi connectivity index (χ4v) is 4.32. The number of hydrogen-bond donors (Lipinski definition) is 1. The lowest BCUT2D eigenvalue weighted by Crippen LogP contribution is -2.33. The van der Waals surface area contributed by atoms with E-state index >= 15 is 0 Å². The lowest BCUT2D eigenvalue weighted by Gasteiger charge is -2.38. The van der Waals surface area contributed by atoms with Gasteiger partial charge in [-0.2, -0.15) is 0 Å². The average Bonchev–Trinajstić information content (AvgIpc) is 2.50. The molecule has 0 heterocycles. The molecule has 2 aliphatic rings. The molecule has 2 aliphatic carbocycles. The van der Waals surface area contributed by atoms with Crippen molar-refractivity contribution in [1.82, 2.24) is 0 Å². The Morgan fingerprint density at radius 1 is 1.14 bits per heavy atom. The van der Waals surface area contributed by atoms with Crippen LogP contribution in [0.5, 0.6) is 0 Å². The van der Waals surface area contributed by atoms with Crippen molar-refractivity contribution in [3.05, 3.63) is 28.2 Å². The van der Waals surface area contributed by atoms with Crippen molar-refractivity contribution >= 4 is 27.5 Å². The minimum absolute atomic E-state index is 0.216. The summed E-state index contributed by atoms with van der Waals surface area (Å²) >= 11 is 3.50. The molecular weight excluding hydrogens is 326 g/mol. The van der Waals surface area contributed by atoms with Crippen LogP contribution in [0.15, 0.2) is 22.7 Å². The second-order valence-electron chi connectivity index (χ2n) is 6.77. The van der Waals surface area contributed by atoms with Gasteiger partial charge in [0.1, 0.15) is 0 Å². The molecule has 0 bridgehead atoms. The monoisotopic (exact) mass is 349 g/mol. The number of halogens is 1. The van der Waals surface area contributed by atoms with Crippen molar-refractivity contribution < 1.29 is 4.79 Å². The molecule has 1 aromatic rings. The van der Waals surface area contributed by atoms with Gasteiger partial charge in [-0.15, -0.1) is 0 Å².